The number of fused-ring (bicyclic) bond motifs is 3. The minimum atomic E-state index is -1.19. The van der Waals surface area contributed by atoms with Crippen LogP contribution in [0.1, 0.15) is 23.1 Å². The lowest BCUT2D eigenvalue weighted by molar-refractivity contribution is -0.141. The highest BCUT2D eigenvalue weighted by Gasteiger charge is 2.23. The number of furan rings is 1. The zero-order valence-electron chi connectivity index (χ0n) is 22.1. The molecule has 6 rings (SSSR count). The van der Waals surface area contributed by atoms with Gasteiger partial charge in [-0.25, -0.2) is 9.59 Å². The van der Waals surface area contributed by atoms with Crippen molar-refractivity contribution in [1.82, 2.24) is 10.3 Å². The van der Waals surface area contributed by atoms with Crippen molar-refractivity contribution in [3.8, 4) is 16.9 Å². The summed E-state index contributed by atoms with van der Waals surface area (Å²) in [6, 6.07) is 17.0. The van der Waals surface area contributed by atoms with Gasteiger partial charge in [-0.05, 0) is 54.3 Å². The Morgan fingerprint density at radius 3 is 2.59 bits per heavy atom. The lowest BCUT2D eigenvalue weighted by Crippen LogP contribution is -2.42. The molecule has 0 aliphatic rings. The predicted octanol–water partition coefficient (Wildman–Crippen LogP) is 5.45. The molecule has 0 radical (unpaired) electrons. The van der Waals surface area contributed by atoms with E-state index in [9.17, 15) is 24.6 Å². The third-order valence-electron chi connectivity index (χ3n) is 7.48. The summed E-state index contributed by atoms with van der Waals surface area (Å²) in [7, 11) is 0. The van der Waals surface area contributed by atoms with E-state index < -0.39 is 23.5 Å². The summed E-state index contributed by atoms with van der Waals surface area (Å²) in [5.41, 5.74) is 4.79. The number of carboxylic acids is 1. The summed E-state index contributed by atoms with van der Waals surface area (Å²) in [4.78, 5) is 40.7. The molecule has 0 saturated heterocycles. The molecule has 41 heavy (non-hydrogen) atoms. The lowest BCUT2D eigenvalue weighted by atomic mass is 9.98. The molecule has 0 aliphatic heterocycles. The summed E-state index contributed by atoms with van der Waals surface area (Å²) >= 11 is 0. The largest absolute Gasteiger partial charge is 0.508 e. The maximum Gasteiger partial charge on any atom is 0.339 e. The van der Waals surface area contributed by atoms with E-state index in [2.05, 4.69) is 10.3 Å². The number of aryl methyl sites for hydroxylation is 1. The van der Waals surface area contributed by atoms with Crippen molar-refractivity contribution >= 4 is 44.7 Å². The van der Waals surface area contributed by atoms with E-state index in [-0.39, 0.29) is 25.0 Å². The van der Waals surface area contributed by atoms with Crippen molar-refractivity contribution in [2.75, 3.05) is 0 Å². The second kappa shape index (κ2) is 10.3. The molecule has 3 aromatic carbocycles. The highest BCUT2D eigenvalue weighted by molar-refractivity contribution is 6.02. The smallest absolute Gasteiger partial charge is 0.339 e. The van der Waals surface area contributed by atoms with E-state index in [1.54, 1.807) is 30.7 Å². The number of aliphatic carboxylic acids is 1. The van der Waals surface area contributed by atoms with Crippen LogP contribution >= 0.6 is 0 Å². The Labute approximate surface area is 233 Å². The first-order valence-electron chi connectivity index (χ1n) is 13.1. The predicted molar refractivity (Wildman–Crippen MR) is 154 cm³/mol. The van der Waals surface area contributed by atoms with Gasteiger partial charge in [0, 0.05) is 57.9 Å². The van der Waals surface area contributed by atoms with E-state index in [4.69, 9.17) is 8.83 Å². The highest BCUT2D eigenvalue weighted by Crippen LogP contribution is 2.34. The molecule has 0 spiro atoms. The van der Waals surface area contributed by atoms with Gasteiger partial charge in [0.05, 0.1) is 6.26 Å². The molecule has 0 bridgehead atoms. The number of aromatic amines is 1. The van der Waals surface area contributed by atoms with Crippen LogP contribution in [0, 0.1) is 6.92 Å². The van der Waals surface area contributed by atoms with Gasteiger partial charge in [-0.15, -0.1) is 0 Å². The molecular weight excluding hydrogens is 524 g/mol. The normalized spacial score (nSPS) is 12.2. The number of phenols is 1. The number of aromatic hydroxyl groups is 1. The van der Waals surface area contributed by atoms with E-state index in [1.807, 2.05) is 43.3 Å². The fourth-order valence-corrected chi connectivity index (χ4v) is 5.30. The number of phenolic OH excluding ortho intramolecular Hbond substituents is 1. The SMILES string of the molecule is Cc1c(CCC(=O)NC(Cc2c[nH]c3ccc(O)cc23)C(=O)O)c(=O)oc2cc3occ(-c4ccccc4)c3cc12. The maximum atomic E-state index is 12.9. The highest BCUT2D eigenvalue weighted by atomic mass is 16.4. The van der Waals surface area contributed by atoms with E-state index in [1.165, 1.54) is 6.07 Å². The van der Waals surface area contributed by atoms with Gasteiger partial charge in [-0.3, -0.25) is 4.79 Å². The summed E-state index contributed by atoms with van der Waals surface area (Å²) in [5.74, 6) is -1.63. The molecule has 3 aromatic heterocycles. The maximum absolute atomic E-state index is 12.9. The molecule has 1 atom stereocenters. The van der Waals surface area contributed by atoms with Crippen molar-refractivity contribution in [3.05, 3.63) is 100 Å². The molecule has 9 nitrogen and oxygen atoms in total. The number of hydrogen-bond acceptors (Lipinski definition) is 6. The second-order valence-electron chi connectivity index (χ2n) is 10.1. The molecule has 0 fully saturated rings. The van der Waals surface area contributed by atoms with Crippen LogP contribution in [0.2, 0.25) is 0 Å². The lowest BCUT2D eigenvalue weighted by Gasteiger charge is -2.15. The van der Waals surface area contributed by atoms with Crippen LogP contribution in [-0.2, 0) is 22.4 Å². The monoisotopic (exact) mass is 550 g/mol. The molecule has 1 amide bonds. The fourth-order valence-electron chi connectivity index (χ4n) is 5.30. The van der Waals surface area contributed by atoms with Gasteiger partial charge in [0.1, 0.15) is 23.0 Å². The first kappa shape index (κ1) is 25.9. The summed E-state index contributed by atoms with van der Waals surface area (Å²) in [6.45, 7) is 1.81. The molecule has 3 heterocycles. The number of nitrogens with one attached hydrogen (secondary N) is 2. The fraction of sp³-hybridized carbons (Fsp3) is 0.156. The Kier molecular flexibility index (Phi) is 6.55. The number of H-pyrrole nitrogens is 1. The molecule has 6 aromatic rings. The average molecular weight is 551 g/mol. The van der Waals surface area contributed by atoms with Crippen LogP contribution in [0.5, 0.6) is 5.75 Å². The Hall–Kier alpha value is -5.31. The molecule has 1 unspecified atom stereocenters. The Morgan fingerprint density at radius 2 is 1.80 bits per heavy atom. The van der Waals surface area contributed by atoms with Gasteiger partial charge in [0.15, 0.2) is 0 Å². The Morgan fingerprint density at radius 1 is 1.00 bits per heavy atom. The molecule has 9 heteroatoms. The van der Waals surface area contributed by atoms with Crippen molar-refractivity contribution in [3.63, 3.8) is 0 Å². The zero-order valence-corrected chi connectivity index (χ0v) is 22.1. The molecule has 4 N–H and O–H groups in total. The summed E-state index contributed by atoms with van der Waals surface area (Å²) < 4.78 is 11.4. The summed E-state index contributed by atoms with van der Waals surface area (Å²) in [6.07, 6.45) is 3.34. The number of benzene rings is 3. The summed E-state index contributed by atoms with van der Waals surface area (Å²) in [5, 5.41) is 24.4. The average Bonchev–Trinajstić information content (AvgIpc) is 3.55. The first-order chi connectivity index (χ1) is 19.8. The van der Waals surface area contributed by atoms with E-state index in [0.717, 1.165) is 27.4 Å². The van der Waals surface area contributed by atoms with Crippen LogP contribution in [0.15, 0.2) is 86.8 Å². The van der Waals surface area contributed by atoms with Crippen molar-refractivity contribution in [2.24, 2.45) is 0 Å². The van der Waals surface area contributed by atoms with Gasteiger partial charge in [0.25, 0.3) is 0 Å². The number of carbonyl (C=O) groups is 2. The van der Waals surface area contributed by atoms with Gasteiger partial charge in [-0.1, -0.05) is 30.3 Å². The topological polar surface area (TPSA) is 146 Å². The minimum absolute atomic E-state index is 0.0200. The van der Waals surface area contributed by atoms with Crippen molar-refractivity contribution < 1.29 is 28.6 Å². The third-order valence-corrected chi connectivity index (χ3v) is 7.48. The standard InChI is InChI=1S/C32H26N2O7/c1-17-21(8-10-30(36)34-27(31(37)38)11-19-15-33-26-9-7-20(35)12-23(19)26)32(39)41-29-14-28-24(13-22(17)29)25(16-40-28)18-5-3-2-4-6-18/h2-7,9,12-16,27,33,35H,8,10-11H2,1H3,(H,34,36)(H,37,38). The molecular formula is C32H26N2O7. The van der Waals surface area contributed by atoms with Crippen LogP contribution in [0.4, 0.5) is 0 Å². The van der Waals surface area contributed by atoms with Gasteiger partial charge < -0.3 is 29.3 Å². The zero-order chi connectivity index (χ0) is 28.7. The molecule has 0 saturated carbocycles. The Bertz CT molecular complexity index is 2000. The van der Waals surface area contributed by atoms with Gasteiger partial charge in [0.2, 0.25) is 5.91 Å². The van der Waals surface area contributed by atoms with Crippen molar-refractivity contribution in [2.45, 2.75) is 32.2 Å². The van der Waals surface area contributed by atoms with Crippen LogP contribution in [-0.4, -0.2) is 33.1 Å². The number of rotatable bonds is 8. The minimum Gasteiger partial charge on any atom is -0.508 e. The number of carboxylic acid groups (broad SMARTS) is 1. The number of carbonyl (C=O) groups excluding carboxylic acids is 1. The molecule has 206 valence electrons. The second-order valence-corrected chi connectivity index (χ2v) is 10.1. The van der Waals surface area contributed by atoms with Crippen molar-refractivity contribution in [1.29, 1.82) is 0 Å². The first-order valence-corrected chi connectivity index (χ1v) is 13.1. The van der Waals surface area contributed by atoms with Gasteiger partial charge >= 0.3 is 11.6 Å². The molecule has 0 aliphatic carbocycles. The van der Waals surface area contributed by atoms with E-state index in [0.29, 0.717) is 33.2 Å². The van der Waals surface area contributed by atoms with Crippen LogP contribution < -0.4 is 10.9 Å². The quantitative estimate of drug-likeness (QED) is 0.184. The van der Waals surface area contributed by atoms with Crippen LogP contribution in [0.25, 0.3) is 44.0 Å². The number of aromatic nitrogens is 1. The Balaban J connectivity index is 1.23. The van der Waals surface area contributed by atoms with Crippen LogP contribution in [0.3, 0.4) is 0 Å². The third kappa shape index (κ3) is 4.93. The van der Waals surface area contributed by atoms with Gasteiger partial charge in [-0.2, -0.15) is 0 Å². The van der Waals surface area contributed by atoms with E-state index >= 15 is 0 Å². The number of hydrogen-bond donors (Lipinski definition) is 4. The number of amides is 1.